The van der Waals surface area contributed by atoms with Crippen molar-refractivity contribution >= 4 is 5.91 Å². The Bertz CT molecular complexity index is 769. The van der Waals surface area contributed by atoms with Crippen molar-refractivity contribution in [3.05, 3.63) is 53.4 Å². The minimum atomic E-state index is -1.06. The molecule has 0 saturated carbocycles. The predicted octanol–water partition coefficient (Wildman–Crippen LogP) is 2.62. The highest BCUT2D eigenvalue weighted by Crippen LogP contribution is 2.37. The molecule has 0 radical (unpaired) electrons. The zero-order valence-corrected chi connectivity index (χ0v) is 14.3. The number of amides is 1. The minimum Gasteiger partial charge on any atom is -0.381 e. The fraction of sp³-hybridized carbons (Fsp3) is 0.444. The number of hydrogen-bond acceptors (Lipinski definition) is 3. The van der Waals surface area contributed by atoms with E-state index < -0.39 is 17.0 Å². The lowest BCUT2D eigenvalue weighted by atomic mass is 9.73. The van der Waals surface area contributed by atoms with Crippen molar-refractivity contribution in [2.45, 2.75) is 31.2 Å². The summed E-state index contributed by atoms with van der Waals surface area (Å²) in [7, 11) is 1.80. The summed E-state index contributed by atoms with van der Waals surface area (Å²) in [5.41, 5.74) is 0.0118. The van der Waals surface area contributed by atoms with Gasteiger partial charge in [0.15, 0.2) is 0 Å². The normalized spacial score (nSPS) is 17.9. The molecule has 1 unspecified atom stereocenters. The molecular weight excluding hydrogens is 328 g/mol. The van der Waals surface area contributed by atoms with E-state index in [1.54, 1.807) is 17.9 Å². The lowest BCUT2D eigenvalue weighted by Crippen LogP contribution is -2.49. The van der Waals surface area contributed by atoms with E-state index in [-0.39, 0.29) is 17.5 Å². The molecule has 134 valence electrons. The Morgan fingerprint density at radius 1 is 1.36 bits per heavy atom. The van der Waals surface area contributed by atoms with Crippen molar-refractivity contribution in [2.75, 3.05) is 13.2 Å². The molecule has 5 nitrogen and oxygen atoms in total. The molecule has 1 amide bonds. The van der Waals surface area contributed by atoms with Gasteiger partial charge < -0.3 is 10.1 Å². The Hall–Kier alpha value is -2.28. The van der Waals surface area contributed by atoms with E-state index in [0.29, 0.717) is 26.1 Å². The number of nitrogens with one attached hydrogen (secondary N) is 1. The Kier molecular flexibility index (Phi) is 4.85. The minimum absolute atomic E-state index is 0.216. The van der Waals surface area contributed by atoms with Crippen molar-refractivity contribution in [1.82, 2.24) is 15.1 Å². The molecule has 1 aromatic carbocycles. The second kappa shape index (κ2) is 6.92. The topological polar surface area (TPSA) is 56.1 Å². The van der Waals surface area contributed by atoms with Crippen molar-refractivity contribution in [1.29, 1.82) is 0 Å². The number of carbonyl (C=O) groups is 1. The second-order valence-electron chi connectivity index (χ2n) is 6.46. The molecule has 2 aromatic rings. The SMILES string of the molecule is CC(NC(=O)C1(c2ccc(F)cc2F)CCOCC1)c1cnn(C)c1. The fourth-order valence-corrected chi connectivity index (χ4v) is 3.30. The van der Waals surface area contributed by atoms with E-state index in [9.17, 15) is 13.6 Å². The van der Waals surface area contributed by atoms with Crippen LogP contribution in [-0.4, -0.2) is 28.9 Å². The van der Waals surface area contributed by atoms with Crippen molar-refractivity contribution < 1.29 is 18.3 Å². The number of rotatable bonds is 4. The van der Waals surface area contributed by atoms with Crippen LogP contribution in [-0.2, 0) is 22.0 Å². The van der Waals surface area contributed by atoms with E-state index >= 15 is 0 Å². The largest absolute Gasteiger partial charge is 0.381 e. The molecule has 0 aliphatic carbocycles. The average molecular weight is 349 g/mol. The van der Waals surface area contributed by atoms with Gasteiger partial charge in [-0.15, -0.1) is 0 Å². The Morgan fingerprint density at radius 3 is 2.68 bits per heavy atom. The van der Waals surface area contributed by atoms with Gasteiger partial charge in [-0.3, -0.25) is 9.48 Å². The van der Waals surface area contributed by atoms with E-state index in [2.05, 4.69) is 10.4 Å². The highest BCUT2D eigenvalue weighted by atomic mass is 19.1. The molecule has 1 aliphatic rings. The van der Waals surface area contributed by atoms with Crippen LogP contribution in [0.15, 0.2) is 30.6 Å². The van der Waals surface area contributed by atoms with Gasteiger partial charge in [0, 0.05) is 43.7 Å². The van der Waals surface area contributed by atoms with E-state index in [1.807, 2.05) is 13.1 Å². The van der Waals surface area contributed by atoms with Gasteiger partial charge in [-0.25, -0.2) is 8.78 Å². The Labute approximate surface area is 145 Å². The first-order valence-corrected chi connectivity index (χ1v) is 8.25. The van der Waals surface area contributed by atoms with Crippen LogP contribution in [0.4, 0.5) is 8.78 Å². The van der Waals surface area contributed by atoms with Gasteiger partial charge in [0.2, 0.25) is 5.91 Å². The first-order chi connectivity index (χ1) is 11.9. The highest BCUT2D eigenvalue weighted by molar-refractivity contribution is 5.88. The zero-order chi connectivity index (χ0) is 18.0. The van der Waals surface area contributed by atoms with Crippen molar-refractivity contribution in [2.24, 2.45) is 7.05 Å². The highest BCUT2D eigenvalue weighted by Gasteiger charge is 2.44. The standard InChI is InChI=1S/C18H21F2N3O2/c1-12(13-10-21-23(2)11-13)22-17(24)18(5-7-25-8-6-18)15-4-3-14(19)9-16(15)20/h3-4,9-12H,5-8H2,1-2H3,(H,22,24). The molecule has 1 atom stereocenters. The van der Waals surface area contributed by atoms with Crippen LogP contribution >= 0.6 is 0 Å². The van der Waals surface area contributed by atoms with Gasteiger partial charge in [-0.2, -0.15) is 5.10 Å². The van der Waals surface area contributed by atoms with Gasteiger partial charge >= 0.3 is 0 Å². The number of aryl methyl sites for hydroxylation is 1. The third-order valence-corrected chi connectivity index (χ3v) is 4.80. The summed E-state index contributed by atoms with van der Waals surface area (Å²) in [4.78, 5) is 13.1. The molecule has 1 aromatic heterocycles. The maximum atomic E-state index is 14.4. The van der Waals surface area contributed by atoms with Gasteiger partial charge in [-0.05, 0) is 25.8 Å². The van der Waals surface area contributed by atoms with E-state index in [0.717, 1.165) is 11.6 Å². The molecule has 1 aliphatic heterocycles. The second-order valence-corrected chi connectivity index (χ2v) is 6.46. The third-order valence-electron chi connectivity index (χ3n) is 4.80. The number of halogens is 2. The smallest absolute Gasteiger partial charge is 0.231 e. The van der Waals surface area contributed by atoms with Crippen molar-refractivity contribution in [3.8, 4) is 0 Å². The average Bonchev–Trinajstić information content (AvgIpc) is 3.02. The Morgan fingerprint density at radius 2 is 2.08 bits per heavy atom. The number of hydrogen-bond donors (Lipinski definition) is 1. The lowest BCUT2D eigenvalue weighted by molar-refractivity contribution is -0.131. The van der Waals surface area contributed by atoms with E-state index in [4.69, 9.17) is 4.74 Å². The summed E-state index contributed by atoms with van der Waals surface area (Å²) < 4.78 is 34.7. The molecule has 0 bridgehead atoms. The van der Waals surface area contributed by atoms with Gasteiger partial charge in [-0.1, -0.05) is 6.07 Å². The first-order valence-electron chi connectivity index (χ1n) is 8.25. The molecule has 1 saturated heterocycles. The number of aromatic nitrogens is 2. The van der Waals surface area contributed by atoms with Gasteiger partial charge in [0.25, 0.3) is 0 Å². The molecule has 25 heavy (non-hydrogen) atoms. The molecule has 2 heterocycles. The molecule has 1 N–H and O–H groups in total. The zero-order valence-electron chi connectivity index (χ0n) is 14.3. The number of nitrogens with zero attached hydrogens (tertiary/aromatic N) is 2. The molecule has 3 rings (SSSR count). The predicted molar refractivity (Wildman–Crippen MR) is 87.9 cm³/mol. The monoisotopic (exact) mass is 349 g/mol. The van der Waals surface area contributed by atoms with Crippen LogP contribution in [0.25, 0.3) is 0 Å². The summed E-state index contributed by atoms with van der Waals surface area (Å²) >= 11 is 0. The van der Waals surface area contributed by atoms with Gasteiger partial charge in [0.05, 0.1) is 17.7 Å². The Balaban J connectivity index is 1.90. The summed E-state index contributed by atoms with van der Waals surface area (Å²) in [6.45, 7) is 2.56. The van der Waals surface area contributed by atoms with Crippen LogP contribution in [0.5, 0.6) is 0 Å². The van der Waals surface area contributed by atoms with Crippen LogP contribution in [0.1, 0.15) is 36.9 Å². The summed E-state index contributed by atoms with van der Waals surface area (Å²) in [6.07, 6.45) is 4.20. The van der Waals surface area contributed by atoms with Crippen LogP contribution in [0, 0.1) is 11.6 Å². The molecular formula is C18H21F2N3O2. The third kappa shape index (κ3) is 3.42. The fourth-order valence-electron chi connectivity index (χ4n) is 3.30. The molecule has 1 fully saturated rings. The van der Waals surface area contributed by atoms with Crippen LogP contribution in [0.2, 0.25) is 0 Å². The molecule has 7 heteroatoms. The van der Waals surface area contributed by atoms with Gasteiger partial charge in [0.1, 0.15) is 11.6 Å². The summed E-state index contributed by atoms with van der Waals surface area (Å²) in [5, 5.41) is 7.05. The maximum absolute atomic E-state index is 14.4. The van der Waals surface area contributed by atoms with Crippen LogP contribution in [0.3, 0.4) is 0 Å². The van der Waals surface area contributed by atoms with Crippen LogP contribution < -0.4 is 5.32 Å². The number of carbonyl (C=O) groups excluding carboxylic acids is 1. The lowest BCUT2D eigenvalue weighted by Gasteiger charge is -2.37. The quantitative estimate of drug-likeness (QED) is 0.923. The molecule has 0 spiro atoms. The van der Waals surface area contributed by atoms with E-state index in [1.165, 1.54) is 12.1 Å². The summed E-state index contributed by atoms with van der Waals surface area (Å²) in [6, 6.07) is 3.10. The van der Waals surface area contributed by atoms with Crippen molar-refractivity contribution in [3.63, 3.8) is 0 Å². The number of ether oxygens (including phenoxy) is 1. The number of benzene rings is 1. The maximum Gasteiger partial charge on any atom is 0.231 e. The first kappa shape index (κ1) is 17.5. The summed E-state index contributed by atoms with van der Waals surface area (Å²) in [5.74, 6) is -1.64.